The van der Waals surface area contributed by atoms with Crippen molar-refractivity contribution in [3.63, 3.8) is 0 Å². The zero-order chi connectivity index (χ0) is 19.8. The molecule has 28 heavy (non-hydrogen) atoms. The van der Waals surface area contributed by atoms with E-state index >= 15 is 0 Å². The van der Waals surface area contributed by atoms with Crippen LogP contribution in [0.3, 0.4) is 0 Å². The van der Waals surface area contributed by atoms with Gasteiger partial charge in [-0.3, -0.25) is 14.2 Å². The zero-order valence-corrected chi connectivity index (χ0v) is 17.4. The third-order valence-electron chi connectivity index (χ3n) is 4.55. The number of hydrogen-bond donors (Lipinski definition) is 1. The van der Waals surface area contributed by atoms with Crippen LogP contribution in [0.5, 0.6) is 0 Å². The molecule has 0 aliphatic heterocycles. The molecule has 0 saturated heterocycles. The summed E-state index contributed by atoms with van der Waals surface area (Å²) in [5, 5.41) is 5.44. The van der Waals surface area contributed by atoms with Crippen molar-refractivity contribution in [3.05, 3.63) is 68.4 Å². The van der Waals surface area contributed by atoms with Crippen LogP contribution in [-0.4, -0.2) is 15.5 Å². The number of benzene rings is 1. The molecule has 0 fully saturated rings. The smallest absolute Gasteiger partial charge is 0.263 e. The molecule has 142 valence electrons. The Bertz CT molecular complexity index is 1250. The fourth-order valence-electron chi connectivity index (χ4n) is 3.06. The number of carbonyl (C=O) groups excluding carboxylic acids is 1. The van der Waals surface area contributed by atoms with Gasteiger partial charge in [0.25, 0.3) is 5.56 Å². The van der Waals surface area contributed by atoms with Crippen molar-refractivity contribution in [1.82, 2.24) is 9.55 Å². The van der Waals surface area contributed by atoms with Crippen LogP contribution in [-0.2, 0) is 11.3 Å². The summed E-state index contributed by atoms with van der Waals surface area (Å²) in [7, 11) is 0. The Balaban J connectivity index is 1.66. The first kappa shape index (κ1) is 18.6. The van der Waals surface area contributed by atoms with Gasteiger partial charge in [-0.25, -0.2) is 4.98 Å². The number of amides is 1. The van der Waals surface area contributed by atoms with Crippen LogP contribution >= 0.6 is 22.7 Å². The maximum atomic E-state index is 13.1. The molecule has 0 aliphatic carbocycles. The van der Waals surface area contributed by atoms with E-state index in [0.717, 1.165) is 27.3 Å². The maximum absolute atomic E-state index is 13.1. The van der Waals surface area contributed by atoms with Gasteiger partial charge in [-0.05, 0) is 50.1 Å². The summed E-state index contributed by atoms with van der Waals surface area (Å²) >= 11 is 3.09. The lowest BCUT2D eigenvalue weighted by atomic mass is 10.1. The molecule has 0 aliphatic rings. The highest BCUT2D eigenvalue weighted by molar-refractivity contribution is 7.19. The van der Waals surface area contributed by atoms with Gasteiger partial charge >= 0.3 is 0 Å². The Morgan fingerprint density at radius 1 is 1.18 bits per heavy atom. The quantitative estimate of drug-likeness (QED) is 0.529. The van der Waals surface area contributed by atoms with E-state index in [4.69, 9.17) is 0 Å². The molecule has 3 aromatic heterocycles. The first-order valence-corrected chi connectivity index (χ1v) is 10.5. The number of rotatable bonds is 4. The van der Waals surface area contributed by atoms with Gasteiger partial charge in [0.15, 0.2) is 0 Å². The predicted molar refractivity (Wildman–Crippen MR) is 116 cm³/mol. The molecule has 0 unspecified atom stereocenters. The minimum atomic E-state index is -0.249. The molecule has 0 radical (unpaired) electrons. The van der Waals surface area contributed by atoms with Crippen LogP contribution in [0.25, 0.3) is 20.7 Å². The van der Waals surface area contributed by atoms with Gasteiger partial charge in [0.05, 0.1) is 11.7 Å². The highest BCUT2D eigenvalue weighted by atomic mass is 32.1. The molecule has 3 heterocycles. The molecule has 5 nitrogen and oxygen atoms in total. The van der Waals surface area contributed by atoms with Gasteiger partial charge in [0.2, 0.25) is 5.91 Å². The van der Waals surface area contributed by atoms with Gasteiger partial charge in [0, 0.05) is 26.4 Å². The van der Waals surface area contributed by atoms with Gasteiger partial charge in [-0.15, -0.1) is 22.7 Å². The number of aromatic nitrogens is 2. The van der Waals surface area contributed by atoms with E-state index < -0.39 is 0 Å². The Morgan fingerprint density at radius 3 is 2.75 bits per heavy atom. The van der Waals surface area contributed by atoms with Crippen LogP contribution in [0.1, 0.15) is 16.0 Å². The topological polar surface area (TPSA) is 64.0 Å². The van der Waals surface area contributed by atoms with Gasteiger partial charge in [-0.1, -0.05) is 12.1 Å². The lowest BCUT2D eigenvalue weighted by Crippen LogP contribution is -2.28. The van der Waals surface area contributed by atoms with Crippen molar-refractivity contribution in [2.45, 2.75) is 27.3 Å². The van der Waals surface area contributed by atoms with E-state index in [1.54, 1.807) is 11.3 Å². The van der Waals surface area contributed by atoms with Crippen molar-refractivity contribution < 1.29 is 4.79 Å². The number of aryl methyl sites for hydroxylation is 3. The largest absolute Gasteiger partial charge is 0.324 e. The first-order valence-electron chi connectivity index (χ1n) is 8.83. The van der Waals surface area contributed by atoms with Crippen LogP contribution in [0.15, 0.2) is 46.8 Å². The number of carbonyl (C=O) groups is 1. The number of anilines is 1. The minimum absolute atomic E-state index is 0.0755. The van der Waals surface area contributed by atoms with Crippen molar-refractivity contribution in [1.29, 1.82) is 0 Å². The Kier molecular flexibility index (Phi) is 4.87. The van der Waals surface area contributed by atoms with E-state index in [2.05, 4.69) is 10.3 Å². The van der Waals surface area contributed by atoms with Gasteiger partial charge in [-0.2, -0.15) is 0 Å². The highest BCUT2D eigenvalue weighted by Crippen LogP contribution is 2.34. The van der Waals surface area contributed by atoms with E-state index in [9.17, 15) is 9.59 Å². The second kappa shape index (κ2) is 7.33. The summed E-state index contributed by atoms with van der Waals surface area (Å²) in [6, 6.07) is 9.94. The second-order valence-corrected chi connectivity index (χ2v) is 8.93. The first-order chi connectivity index (χ1) is 13.4. The van der Waals surface area contributed by atoms with Crippen molar-refractivity contribution in [3.8, 4) is 10.4 Å². The number of hydrogen-bond acceptors (Lipinski definition) is 5. The summed E-state index contributed by atoms with van der Waals surface area (Å²) in [5.74, 6) is -0.249. The number of fused-ring (bicyclic) bond motifs is 1. The molecule has 4 aromatic rings. The Morgan fingerprint density at radius 2 is 2.00 bits per heavy atom. The normalized spacial score (nSPS) is 11.1. The molecule has 4 rings (SSSR count). The summed E-state index contributed by atoms with van der Waals surface area (Å²) in [4.78, 5) is 32.9. The van der Waals surface area contributed by atoms with Crippen molar-refractivity contribution in [2.24, 2.45) is 0 Å². The molecule has 0 atom stereocenters. The Labute approximate surface area is 170 Å². The minimum Gasteiger partial charge on any atom is -0.324 e. The van der Waals surface area contributed by atoms with Crippen LogP contribution in [0.4, 0.5) is 5.69 Å². The molecule has 7 heteroatoms. The molecule has 1 N–H and O–H groups in total. The van der Waals surface area contributed by atoms with E-state index in [-0.39, 0.29) is 18.0 Å². The predicted octanol–water partition coefficient (Wildman–Crippen LogP) is 4.75. The zero-order valence-electron chi connectivity index (χ0n) is 15.8. The third kappa shape index (κ3) is 3.50. The number of nitrogens with zero attached hydrogens (tertiary/aromatic N) is 2. The lowest BCUT2D eigenvalue weighted by Gasteiger charge is -2.10. The number of thiophene rings is 2. The van der Waals surface area contributed by atoms with Crippen LogP contribution < -0.4 is 10.9 Å². The molecule has 1 aromatic carbocycles. The molecular weight excluding hydrogens is 390 g/mol. The SMILES string of the molecule is Cc1ccc(C)c(NC(=O)Cn2cnc3scc(-c4ccc(C)s4)c3c2=O)c1. The average molecular weight is 410 g/mol. The molecular formula is C21H19N3O2S2. The van der Waals surface area contributed by atoms with E-state index in [0.29, 0.717) is 10.2 Å². The monoisotopic (exact) mass is 409 g/mol. The second-order valence-electron chi connectivity index (χ2n) is 6.78. The lowest BCUT2D eigenvalue weighted by molar-refractivity contribution is -0.116. The van der Waals surface area contributed by atoms with E-state index in [1.807, 2.05) is 56.5 Å². The number of nitrogens with one attached hydrogen (secondary N) is 1. The van der Waals surface area contributed by atoms with Crippen molar-refractivity contribution >= 4 is 44.5 Å². The Hall–Kier alpha value is -2.77. The van der Waals surface area contributed by atoms with Crippen LogP contribution in [0, 0.1) is 20.8 Å². The van der Waals surface area contributed by atoms with Crippen LogP contribution in [0.2, 0.25) is 0 Å². The maximum Gasteiger partial charge on any atom is 0.263 e. The molecule has 0 bridgehead atoms. The summed E-state index contributed by atoms with van der Waals surface area (Å²) in [6.07, 6.45) is 1.45. The molecule has 0 spiro atoms. The standard InChI is InChI=1S/C21H19N3O2S2/c1-12-4-5-13(2)16(8-12)23-18(25)9-24-11-22-20-19(21(24)26)15(10-27-20)17-7-6-14(3)28-17/h4-8,10-11H,9H2,1-3H3,(H,23,25). The van der Waals surface area contributed by atoms with Crippen molar-refractivity contribution in [2.75, 3.05) is 5.32 Å². The van der Waals surface area contributed by atoms with Gasteiger partial charge < -0.3 is 5.32 Å². The summed E-state index contributed by atoms with van der Waals surface area (Å²) in [5.41, 5.74) is 3.50. The molecule has 0 saturated carbocycles. The third-order valence-corrected chi connectivity index (χ3v) is 6.47. The average Bonchev–Trinajstić information content (AvgIpc) is 3.27. The van der Waals surface area contributed by atoms with Gasteiger partial charge in [0.1, 0.15) is 11.4 Å². The fraction of sp³-hybridized carbons (Fsp3) is 0.190. The highest BCUT2D eigenvalue weighted by Gasteiger charge is 2.16. The van der Waals surface area contributed by atoms with E-state index in [1.165, 1.54) is 27.1 Å². The molecule has 1 amide bonds. The summed E-state index contributed by atoms with van der Waals surface area (Å²) in [6.45, 7) is 5.88. The fourth-order valence-corrected chi connectivity index (χ4v) is 4.92. The summed E-state index contributed by atoms with van der Waals surface area (Å²) < 4.78 is 1.37.